The van der Waals surface area contributed by atoms with E-state index < -0.39 is 5.41 Å². The highest BCUT2D eigenvalue weighted by molar-refractivity contribution is 5.86. The molecule has 4 nitrogen and oxygen atoms in total. The number of hydrogen-bond acceptors (Lipinski definition) is 4. The van der Waals surface area contributed by atoms with Gasteiger partial charge in [-0.25, -0.2) is 9.18 Å². The predicted octanol–water partition coefficient (Wildman–Crippen LogP) is 7.60. The van der Waals surface area contributed by atoms with Crippen LogP contribution >= 0.6 is 0 Å². The van der Waals surface area contributed by atoms with Crippen molar-refractivity contribution in [1.82, 2.24) is 0 Å². The van der Waals surface area contributed by atoms with Crippen LogP contribution in [0, 0.1) is 11.2 Å². The van der Waals surface area contributed by atoms with Crippen molar-refractivity contribution in [3.05, 3.63) is 106 Å². The molecule has 226 valence electrons. The molecule has 0 bridgehead atoms. The van der Waals surface area contributed by atoms with Crippen LogP contribution in [0.2, 0.25) is 0 Å². The van der Waals surface area contributed by atoms with E-state index in [1.807, 2.05) is 24.3 Å². The molecule has 0 aromatic heterocycles. The molecule has 0 saturated carbocycles. The minimum Gasteiger partial charge on any atom is -0.462 e. The molecule has 3 aromatic rings. The Morgan fingerprint density at radius 2 is 1.38 bits per heavy atom. The van der Waals surface area contributed by atoms with Gasteiger partial charge < -0.3 is 14.9 Å². The highest BCUT2D eigenvalue weighted by Crippen LogP contribution is 2.32. The Labute approximate surface area is 251 Å². The van der Waals surface area contributed by atoms with Crippen molar-refractivity contribution < 1.29 is 24.1 Å². The highest BCUT2D eigenvalue weighted by Gasteiger charge is 2.27. The van der Waals surface area contributed by atoms with E-state index in [0.717, 1.165) is 80.0 Å². The monoisotopic (exact) mass is 574 g/mol. The number of halogens is 1. The molecule has 3 aromatic carbocycles. The number of benzene rings is 3. The second kappa shape index (κ2) is 16.4. The Morgan fingerprint density at radius 3 is 1.95 bits per heavy atom. The molecule has 0 fully saturated rings. The second-order valence-electron chi connectivity index (χ2n) is 11.6. The Balaban J connectivity index is 1.59. The zero-order valence-electron chi connectivity index (χ0n) is 25.6. The van der Waals surface area contributed by atoms with Gasteiger partial charge in [0.15, 0.2) is 0 Å². The minimum atomic E-state index is -0.452. The van der Waals surface area contributed by atoms with Gasteiger partial charge in [0.2, 0.25) is 0 Å². The van der Waals surface area contributed by atoms with Gasteiger partial charge in [0.25, 0.3) is 0 Å². The molecule has 0 heterocycles. The SMILES string of the molecule is C=C(C)C(=O)OCCCc1ccc(CCc2ccc(-c3ccc(CCC(CO)(CO)CCC)cc3CC)c(F)c2)cc1. The number of ether oxygens (including phenoxy) is 1. The van der Waals surface area contributed by atoms with Gasteiger partial charge in [0, 0.05) is 16.6 Å². The van der Waals surface area contributed by atoms with Crippen molar-refractivity contribution in [2.45, 2.75) is 78.6 Å². The third kappa shape index (κ3) is 9.37. The predicted molar refractivity (Wildman–Crippen MR) is 169 cm³/mol. The molecule has 0 aliphatic heterocycles. The summed E-state index contributed by atoms with van der Waals surface area (Å²) in [5, 5.41) is 19.8. The van der Waals surface area contributed by atoms with Crippen LogP contribution in [0.4, 0.5) is 4.39 Å². The van der Waals surface area contributed by atoms with Crippen molar-refractivity contribution in [2.24, 2.45) is 5.41 Å². The smallest absolute Gasteiger partial charge is 0.333 e. The zero-order chi connectivity index (χ0) is 30.5. The highest BCUT2D eigenvalue weighted by atomic mass is 19.1. The molecule has 0 saturated heterocycles. The van der Waals surface area contributed by atoms with Crippen LogP contribution in [0.3, 0.4) is 0 Å². The van der Waals surface area contributed by atoms with Gasteiger partial charge in [-0.05, 0) is 97.7 Å². The molecule has 2 N–H and O–H groups in total. The Hall–Kier alpha value is -3.28. The quantitative estimate of drug-likeness (QED) is 0.0990. The van der Waals surface area contributed by atoms with E-state index >= 15 is 4.39 Å². The van der Waals surface area contributed by atoms with E-state index in [0.29, 0.717) is 17.7 Å². The summed E-state index contributed by atoms with van der Waals surface area (Å²) in [7, 11) is 0. The molecule has 0 aliphatic rings. The lowest BCUT2D eigenvalue weighted by Crippen LogP contribution is -2.30. The molecule has 0 spiro atoms. The van der Waals surface area contributed by atoms with E-state index in [9.17, 15) is 15.0 Å². The fraction of sp³-hybridized carbons (Fsp3) is 0.432. The molecular formula is C37H47FO4. The summed E-state index contributed by atoms with van der Waals surface area (Å²) in [5.74, 6) is -0.554. The zero-order valence-corrected chi connectivity index (χ0v) is 25.6. The lowest BCUT2D eigenvalue weighted by atomic mass is 9.79. The fourth-order valence-corrected chi connectivity index (χ4v) is 5.45. The van der Waals surface area contributed by atoms with Crippen LogP contribution in [-0.2, 0) is 41.6 Å². The van der Waals surface area contributed by atoms with Crippen LogP contribution in [0.5, 0.6) is 0 Å². The lowest BCUT2D eigenvalue weighted by Gasteiger charge is -2.29. The van der Waals surface area contributed by atoms with Crippen LogP contribution in [-0.4, -0.2) is 36.0 Å². The maximum atomic E-state index is 15.4. The van der Waals surface area contributed by atoms with Gasteiger partial charge in [-0.15, -0.1) is 0 Å². The van der Waals surface area contributed by atoms with E-state index in [1.54, 1.807) is 13.0 Å². The maximum Gasteiger partial charge on any atom is 0.333 e. The molecule has 3 rings (SSSR count). The summed E-state index contributed by atoms with van der Waals surface area (Å²) in [6.07, 6.45) is 7.16. The van der Waals surface area contributed by atoms with Gasteiger partial charge in [0.1, 0.15) is 5.82 Å². The number of aryl methyl sites for hydroxylation is 5. The van der Waals surface area contributed by atoms with Crippen molar-refractivity contribution >= 4 is 5.97 Å². The van der Waals surface area contributed by atoms with Gasteiger partial charge >= 0.3 is 5.97 Å². The normalized spacial score (nSPS) is 11.5. The summed E-state index contributed by atoms with van der Waals surface area (Å²) in [4.78, 5) is 11.5. The van der Waals surface area contributed by atoms with E-state index in [-0.39, 0.29) is 25.0 Å². The van der Waals surface area contributed by atoms with Crippen LogP contribution in [0.25, 0.3) is 11.1 Å². The third-order valence-electron chi connectivity index (χ3n) is 8.19. The average Bonchev–Trinajstić information content (AvgIpc) is 3.01. The van der Waals surface area contributed by atoms with Crippen molar-refractivity contribution in [3.8, 4) is 11.1 Å². The number of carbonyl (C=O) groups is 1. The van der Waals surface area contributed by atoms with Gasteiger partial charge in [-0.1, -0.05) is 81.4 Å². The van der Waals surface area contributed by atoms with Gasteiger partial charge in [0.05, 0.1) is 19.8 Å². The molecule has 5 heteroatoms. The summed E-state index contributed by atoms with van der Waals surface area (Å²) in [6.45, 7) is 9.73. The number of esters is 1. The first-order valence-electron chi connectivity index (χ1n) is 15.3. The van der Waals surface area contributed by atoms with Crippen LogP contribution in [0.15, 0.2) is 72.8 Å². The topological polar surface area (TPSA) is 66.8 Å². The fourth-order valence-electron chi connectivity index (χ4n) is 5.45. The standard InChI is InChI=1S/C37H47FO4/c1-5-20-37(25-39,26-40)21-19-31-15-17-33(32(6-2)23-31)34-18-16-30(24-35(34)38)14-13-29-11-9-28(10-12-29)8-7-22-42-36(41)27(3)4/h9-12,15-18,23-24,39-40H,3,5-8,13-14,19-22,25-26H2,1-2,4H3. The van der Waals surface area contributed by atoms with Crippen LogP contribution in [0.1, 0.15) is 74.3 Å². The Bertz CT molecular complexity index is 1310. The Kier molecular flexibility index (Phi) is 13.0. The number of hydrogen-bond donors (Lipinski definition) is 2. The van der Waals surface area contributed by atoms with E-state index in [4.69, 9.17) is 4.74 Å². The Morgan fingerprint density at radius 1 is 0.810 bits per heavy atom. The number of aliphatic hydroxyl groups excluding tert-OH is 2. The van der Waals surface area contributed by atoms with Crippen molar-refractivity contribution in [1.29, 1.82) is 0 Å². The van der Waals surface area contributed by atoms with E-state index in [2.05, 4.69) is 50.8 Å². The second-order valence-corrected chi connectivity index (χ2v) is 11.6. The summed E-state index contributed by atoms with van der Waals surface area (Å²) < 4.78 is 20.5. The van der Waals surface area contributed by atoms with Gasteiger partial charge in [-0.3, -0.25) is 0 Å². The molecule has 0 amide bonds. The third-order valence-corrected chi connectivity index (χ3v) is 8.19. The molecule has 0 atom stereocenters. The molecule has 0 radical (unpaired) electrons. The first kappa shape index (κ1) is 33.2. The molecule has 0 aliphatic carbocycles. The summed E-state index contributed by atoms with van der Waals surface area (Å²) in [5.41, 5.74) is 7.10. The summed E-state index contributed by atoms with van der Waals surface area (Å²) >= 11 is 0. The maximum absolute atomic E-state index is 15.4. The average molecular weight is 575 g/mol. The number of carbonyl (C=O) groups excluding carboxylic acids is 1. The van der Waals surface area contributed by atoms with E-state index in [1.165, 1.54) is 11.1 Å². The number of rotatable bonds is 17. The summed E-state index contributed by atoms with van der Waals surface area (Å²) in [6, 6.07) is 20.2. The van der Waals surface area contributed by atoms with Crippen LogP contribution < -0.4 is 0 Å². The van der Waals surface area contributed by atoms with Crippen molar-refractivity contribution in [2.75, 3.05) is 19.8 Å². The lowest BCUT2D eigenvalue weighted by molar-refractivity contribution is -0.139. The molecule has 0 unspecified atom stereocenters. The first-order chi connectivity index (χ1) is 20.2. The molecular weight excluding hydrogens is 527 g/mol. The molecule has 42 heavy (non-hydrogen) atoms. The number of aliphatic hydroxyl groups is 2. The van der Waals surface area contributed by atoms with Crippen molar-refractivity contribution in [3.63, 3.8) is 0 Å². The first-order valence-corrected chi connectivity index (χ1v) is 15.3. The van der Waals surface area contributed by atoms with Gasteiger partial charge in [-0.2, -0.15) is 0 Å². The minimum absolute atomic E-state index is 0.0185. The largest absolute Gasteiger partial charge is 0.462 e.